The number of nitrogens with one attached hydrogen (secondary N) is 1. The fourth-order valence-corrected chi connectivity index (χ4v) is 2.30. The zero-order valence-corrected chi connectivity index (χ0v) is 14.8. The van der Waals surface area contributed by atoms with Crippen molar-refractivity contribution in [1.82, 2.24) is 14.7 Å². The Balaban J connectivity index is 1.58. The second kappa shape index (κ2) is 7.73. The summed E-state index contributed by atoms with van der Waals surface area (Å²) < 4.78 is 10.9. The molecule has 1 N–H and O–H groups in total. The van der Waals surface area contributed by atoms with Crippen LogP contribution in [0.4, 0.5) is 5.69 Å². The molecule has 1 aromatic carbocycles. The van der Waals surface area contributed by atoms with Crippen molar-refractivity contribution in [3.63, 3.8) is 0 Å². The summed E-state index contributed by atoms with van der Waals surface area (Å²) in [4.78, 5) is 37.4. The van der Waals surface area contributed by atoms with Gasteiger partial charge in [-0.1, -0.05) is 17.7 Å². The lowest BCUT2D eigenvalue weighted by Crippen LogP contribution is -2.38. The minimum Gasteiger partial charge on any atom is -0.459 e. The van der Waals surface area contributed by atoms with E-state index in [1.165, 1.54) is 18.2 Å². The van der Waals surface area contributed by atoms with Crippen LogP contribution in [0, 0.1) is 6.92 Å². The Labute approximate surface area is 154 Å². The van der Waals surface area contributed by atoms with Crippen LogP contribution in [0.1, 0.15) is 5.56 Å². The normalized spacial score (nSPS) is 10.6. The number of furan rings is 1. The topological polar surface area (TPSA) is 111 Å². The number of hydrogen-bond donors (Lipinski definition) is 1. The van der Waals surface area contributed by atoms with Crippen LogP contribution < -0.4 is 11.1 Å². The van der Waals surface area contributed by atoms with Gasteiger partial charge < -0.3 is 19.1 Å². The second-order valence-electron chi connectivity index (χ2n) is 5.97. The first-order valence-electron chi connectivity index (χ1n) is 8.14. The predicted molar refractivity (Wildman–Crippen MR) is 95.9 cm³/mol. The highest BCUT2D eigenvalue weighted by molar-refractivity contribution is 5.94. The smallest absolute Gasteiger partial charge is 0.437 e. The number of benzene rings is 1. The van der Waals surface area contributed by atoms with Crippen molar-refractivity contribution in [3.8, 4) is 11.7 Å². The molecule has 0 aliphatic heterocycles. The Morgan fingerprint density at radius 1 is 1.22 bits per heavy atom. The van der Waals surface area contributed by atoms with Crippen LogP contribution in [0.15, 0.2) is 56.3 Å². The van der Waals surface area contributed by atoms with E-state index in [4.69, 9.17) is 8.83 Å². The lowest BCUT2D eigenvalue weighted by molar-refractivity contribution is -0.134. The van der Waals surface area contributed by atoms with Crippen molar-refractivity contribution in [2.45, 2.75) is 13.5 Å². The first-order chi connectivity index (χ1) is 12.9. The van der Waals surface area contributed by atoms with E-state index in [9.17, 15) is 14.4 Å². The summed E-state index contributed by atoms with van der Waals surface area (Å²) in [6.07, 6.45) is 1.42. The molecule has 27 heavy (non-hydrogen) atoms. The zero-order chi connectivity index (χ0) is 19.4. The van der Waals surface area contributed by atoms with Gasteiger partial charge in [0.2, 0.25) is 11.8 Å². The van der Waals surface area contributed by atoms with Crippen molar-refractivity contribution >= 4 is 17.5 Å². The van der Waals surface area contributed by atoms with Crippen molar-refractivity contribution in [3.05, 3.63) is 58.8 Å². The average molecular weight is 370 g/mol. The van der Waals surface area contributed by atoms with Gasteiger partial charge in [-0.3, -0.25) is 9.59 Å². The Morgan fingerprint density at radius 2 is 1.96 bits per heavy atom. The molecule has 0 saturated heterocycles. The Kier molecular flexibility index (Phi) is 5.20. The zero-order valence-electron chi connectivity index (χ0n) is 14.8. The van der Waals surface area contributed by atoms with Gasteiger partial charge in [0.25, 0.3) is 5.89 Å². The fraction of sp³-hybridized carbons (Fsp3) is 0.222. The van der Waals surface area contributed by atoms with Crippen LogP contribution in [-0.2, 0) is 16.1 Å². The standard InChI is InChI=1S/C18H18N4O5/c1-12-5-7-13(8-6-12)19-15(23)10-21(2)16(24)11-22-18(25)27-17(20-22)14-4-3-9-26-14/h3-9H,10-11H2,1-2H3,(H,19,23). The largest absolute Gasteiger partial charge is 0.459 e. The number of anilines is 1. The molecule has 140 valence electrons. The molecule has 0 aliphatic rings. The van der Waals surface area contributed by atoms with Gasteiger partial charge in [-0.2, -0.15) is 4.68 Å². The maximum Gasteiger partial charge on any atom is 0.437 e. The van der Waals surface area contributed by atoms with E-state index in [0.29, 0.717) is 5.69 Å². The summed E-state index contributed by atoms with van der Waals surface area (Å²) in [5.74, 6) is -1.33. The number of likely N-dealkylation sites (N-methyl/N-ethyl adjacent to an activating group) is 1. The highest BCUT2D eigenvalue weighted by Gasteiger charge is 2.18. The summed E-state index contributed by atoms with van der Waals surface area (Å²) in [5, 5.41) is 6.63. The molecule has 0 bridgehead atoms. The van der Waals surface area contributed by atoms with Crippen LogP contribution in [0.2, 0.25) is 0 Å². The molecule has 2 heterocycles. The molecule has 0 radical (unpaired) electrons. The van der Waals surface area contributed by atoms with Crippen LogP contribution in [0.5, 0.6) is 0 Å². The van der Waals surface area contributed by atoms with E-state index in [-0.39, 0.29) is 30.6 Å². The van der Waals surface area contributed by atoms with Gasteiger partial charge >= 0.3 is 5.76 Å². The molecule has 0 aliphatic carbocycles. The van der Waals surface area contributed by atoms with E-state index < -0.39 is 11.7 Å². The van der Waals surface area contributed by atoms with Crippen LogP contribution in [0.3, 0.4) is 0 Å². The summed E-state index contributed by atoms with van der Waals surface area (Å²) in [7, 11) is 1.47. The number of carbonyl (C=O) groups excluding carboxylic acids is 2. The summed E-state index contributed by atoms with van der Waals surface area (Å²) in [6, 6.07) is 10.5. The third kappa shape index (κ3) is 4.51. The second-order valence-corrected chi connectivity index (χ2v) is 5.97. The lowest BCUT2D eigenvalue weighted by Gasteiger charge is -2.16. The Bertz CT molecular complexity index is 986. The van der Waals surface area contributed by atoms with Crippen LogP contribution in [-0.4, -0.2) is 40.1 Å². The quantitative estimate of drug-likeness (QED) is 0.704. The highest BCUT2D eigenvalue weighted by atomic mass is 16.4. The summed E-state index contributed by atoms with van der Waals surface area (Å²) in [6.45, 7) is 1.43. The number of rotatable bonds is 6. The minimum absolute atomic E-state index is 0.0161. The van der Waals surface area contributed by atoms with E-state index in [2.05, 4.69) is 10.4 Å². The van der Waals surface area contributed by atoms with Crippen molar-refractivity contribution in [2.75, 3.05) is 18.9 Å². The number of carbonyl (C=O) groups is 2. The van der Waals surface area contributed by atoms with Gasteiger partial charge in [-0.15, -0.1) is 5.10 Å². The third-order valence-electron chi connectivity index (χ3n) is 3.77. The molecule has 3 aromatic rings. The number of aryl methyl sites for hydroxylation is 1. The molecule has 0 saturated carbocycles. The molecule has 0 fully saturated rings. The average Bonchev–Trinajstić information content (AvgIpc) is 3.27. The lowest BCUT2D eigenvalue weighted by atomic mass is 10.2. The van der Waals surface area contributed by atoms with E-state index in [0.717, 1.165) is 10.2 Å². The molecule has 9 heteroatoms. The van der Waals surface area contributed by atoms with E-state index in [1.807, 2.05) is 19.1 Å². The molecule has 9 nitrogen and oxygen atoms in total. The van der Waals surface area contributed by atoms with Crippen molar-refractivity contribution in [1.29, 1.82) is 0 Å². The molecular formula is C18H18N4O5. The fourth-order valence-electron chi connectivity index (χ4n) is 2.30. The van der Waals surface area contributed by atoms with Crippen molar-refractivity contribution < 1.29 is 18.4 Å². The van der Waals surface area contributed by atoms with Gasteiger partial charge in [0.15, 0.2) is 5.76 Å². The molecule has 0 spiro atoms. The molecule has 2 aromatic heterocycles. The monoisotopic (exact) mass is 370 g/mol. The number of nitrogens with zero attached hydrogens (tertiary/aromatic N) is 3. The minimum atomic E-state index is -0.785. The van der Waals surface area contributed by atoms with E-state index in [1.54, 1.807) is 24.3 Å². The maximum absolute atomic E-state index is 12.3. The van der Waals surface area contributed by atoms with Gasteiger partial charge in [0.1, 0.15) is 6.54 Å². The highest BCUT2D eigenvalue weighted by Crippen LogP contribution is 2.15. The molecule has 0 atom stereocenters. The number of aromatic nitrogens is 2. The number of hydrogen-bond acceptors (Lipinski definition) is 6. The van der Waals surface area contributed by atoms with Gasteiger partial charge in [0, 0.05) is 12.7 Å². The van der Waals surface area contributed by atoms with Gasteiger partial charge in [-0.25, -0.2) is 4.79 Å². The molecular weight excluding hydrogens is 352 g/mol. The van der Waals surface area contributed by atoms with Crippen molar-refractivity contribution in [2.24, 2.45) is 0 Å². The molecule has 0 unspecified atom stereocenters. The Hall–Kier alpha value is -3.62. The molecule has 3 rings (SSSR count). The van der Waals surface area contributed by atoms with Crippen LogP contribution in [0.25, 0.3) is 11.7 Å². The van der Waals surface area contributed by atoms with E-state index >= 15 is 0 Å². The predicted octanol–water partition coefficient (Wildman–Crippen LogP) is 1.50. The SMILES string of the molecule is Cc1ccc(NC(=O)CN(C)C(=O)Cn2nc(-c3ccco3)oc2=O)cc1. The summed E-state index contributed by atoms with van der Waals surface area (Å²) >= 11 is 0. The van der Waals surface area contributed by atoms with Crippen LogP contribution >= 0.6 is 0 Å². The first kappa shape index (κ1) is 18.2. The maximum atomic E-state index is 12.3. The third-order valence-corrected chi connectivity index (χ3v) is 3.77. The number of amides is 2. The first-order valence-corrected chi connectivity index (χ1v) is 8.14. The molecule has 2 amide bonds. The Morgan fingerprint density at radius 3 is 2.63 bits per heavy atom. The summed E-state index contributed by atoms with van der Waals surface area (Å²) in [5.41, 5.74) is 1.72. The van der Waals surface area contributed by atoms with Gasteiger partial charge in [0.05, 0.1) is 12.8 Å². The van der Waals surface area contributed by atoms with Gasteiger partial charge in [-0.05, 0) is 31.2 Å².